The lowest BCUT2D eigenvalue weighted by atomic mass is 9.80. The quantitative estimate of drug-likeness (QED) is 0.674. The zero-order chi connectivity index (χ0) is 10.8. The lowest BCUT2D eigenvalue weighted by Crippen LogP contribution is -2.29. The number of hydrogen-bond donors (Lipinski definition) is 0. The van der Waals surface area contributed by atoms with E-state index in [1.807, 2.05) is 0 Å². The highest BCUT2D eigenvalue weighted by molar-refractivity contribution is 4.74. The van der Waals surface area contributed by atoms with Crippen molar-refractivity contribution in [3.8, 4) is 0 Å². The van der Waals surface area contributed by atoms with Crippen LogP contribution in [0.2, 0.25) is 0 Å². The fourth-order valence-electron chi connectivity index (χ4n) is 2.06. The molecule has 0 atom stereocenters. The van der Waals surface area contributed by atoms with Crippen LogP contribution >= 0.6 is 0 Å². The Hall–Kier alpha value is -0.250. The van der Waals surface area contributed by atoms with Crippen molar-refractivity contribution in [3.05, 3.63) is 0 Å². The summed E-state index contributed by atoms with van der Waals surface area (Å²) in [5, 5.41) is 0. The van der Waals surface area contributed by atoms with E-state index in [0.29, 0.717) is 24.7 Å². The van der Waals surface area contributed by atoms with Gasteiger partial charge < -0.3 is 0 Å². The largest absolute Gasteiger partial charge is 0.522 e. The Balaban J connectivity index is 2.29. The Kier molecular flexibility index (Phi) is 3.81. The predicted octanol–water partition coefficient (Wildman–Crippen LogP) is 3.74. The van der Waals surface area contributed by atoms with Crippen LogP contribution in [0.5, 0.6) is 0 Å². The fraction of sp³-hybridized carbons (Fsp3) is 1.00. The van der Waals surface area contributed by atoms with E-state index in [1.165, 1.54) is 0 Å². The molecule has 0 aliphatic heterocycles. The van der Waals surface area contributed by atoms with Gasteiger partial charge in [0, 0.05) is 0 Å². The molecule has 1 fully saturated rings. The van der Waals surface area contributed by atoms with Gasteiger partial charge in [-0.25, -0.2) is 0 Å². The number of halogens is 3. The Morgan fingerprint density at radius 2 is 1.57 bits per heavy atom. The van der Waals surface area contributed by atoms with Gasteiger partial charge in [0.15, 0.2) is 0 Å². The van der Waals surface area contributed by atoms with Crippen molar-refractivity contribution in [2.24, 2.45) is 11.8 Å². The normalized spacial score (nSPS) is 29.6. The van der Waals surface area contributed by atoms with Gasteiger partial charge in [0.1, 0.15) is 0 Å². The van der Waals surface area contributed by atoms with Gasteiger partial charge in [-0.1, -0.05) is 13.8 Å². The number of hydrogen-bond acceptors (Lipinski definition) is 1. The summed E-state index contributed by atoms with van der Waals surface area (Å²) in [6.07, 6.45) is -2.26. The van der Waals surface area contributed by atoms with Crippen LogP contribution in [-0.2, 0) is 4.74 Å². The van der Waals surface area contributed by atoms with E-state index >= 15 is 0 Å². The summed E-state index contributed by atoms with van der Waals surface area (Å²) in [6.45, 7) is 4.24. The molecule has 1 aliphatic carbocycles. The monoisotopic (exact) mass is 210 g/mol. The van der Waals surface area contributed by atoms with Crippen LogP contribution in [0.3, 0.4) is 0 Å². The first-order valence-electron chi connectivity index (χ1n) is 5.13. The zero-order valence-electron chi connectivity index (χ0n) is 8.60. The van der Waals surface area contributed by atoms with E-state index in [9.17, 15) is 13.2 Å². The summed E-state index contributed by atoms with van der Waals surface area (Å²) in [5.41, 5.74) is 0. The Morgan fingerprint density at radius 1 is 1.07 bits per heavy atom. The van der Waals surface area contributed by atoms with E-state index in [-0.39, 0.29) is 0 Å². The minimum atomic E-state index is -4.46. The summed E-state index contributed by atoms with van der Waals surface area (Å²) < 4.78 is 39.6. The Morgan fingerprint density at radius 3 is 1.93 bits per heavy atom. The van der Waals surface area contributed by atoms with Crippen LogP contribution in [0.25, 0.3) is 0 Å². The molecule has 14 heavy (non-hydrogen) atoms. The van der Waals surface area contributed by atoms with E-state index in [2.05, 4.69) is 18.6 Å². The van der Waals surface area contributed by atoms with Crippen molar-refractivity contribution >= 4 is 0 Å². The van der Waals surface area contributed by atoms with E-state index in [1.54, 1.807) is 0 Å². The summed E-state index contributed by atoms with van der Waals surface area (Å²) in [4.78, 5) is 0. The maximum atomic E-state index is 11.9. The first kappa shape index (κ1) is 11.8. The van der Waals surface area contributed by atoms with Gasteiger partial charge in [-0.2, -0.15) is 0 Å². The standard InChI is InChI=1S/C10H17F3O/c1-7(2)8-3-5-9(6-4-8)14-10(11,12)13/h7-9H,3-6H2,1-2H3/t8-,9+. The molecule has 1 rings (SSSR count). The second-order valence-electron chi connectivity index (χ2n) is 4.34. The van der Waals surface area contributed by atoms with E-state index < -0.39 is 12.5 Å². The average Bonchev–Trinajstić information content (AvgIpc) is 2.02. The van der Waals surface area contributed by atoms with Crippen LogP contribution < -0.4 is 0 Å². The molecule has 0 aromatic heterocycles. The number of alkyl halides is 3. The molecule has 0 spiro atoms. The van der Waals surface area contributed by atoms with Crippen LogP contribution in [0.4, 0.5) is 13.2 Å². The van der Waals surface area contributed by atoms with Crippen molar-refractivity contribution in [2.45, 2.75) is 52.0 Å². The third-order valence-electron chi connectivity index (χ3n) is 2.96. The van der Waals surface area contributed by atoms with Crippen molar-refractivity contribution in [3.63, 3.8) is 0 Å². The Labute approximate surface area is 82.6 Å². The Bertz CT molecular complexity index is 169. The van der Waals surface area contributed by atoms with Gasteiger partial charge in [-0.15, -0.1) is 13.2 Å². The highest BCUT2D eigenvalue weighted by Crippen LogP contribution is 2.33. The minimum absolute atomic E-state index is 0.544. The minimum Gasteiger partial charge on any atom is -0.289 e. The van der Waals surface area contributed by atoms with Gasteiger partial charge >= 0.3 is 6.36 Å². The maximum Gasteiger partial charge on any atom is 0.522 e. The van der Waals surface area contributed by atoms with Crippen molar-refractivity contribution in [1.82, 2.24) is 0 Å². The van der Waals surface area contributed by atoms with Crippen molar-refractivity contribution < 1.29 is 17.9 Å². The van der Waals surface area contributed by atoms with Crippen molar-refractivity contribution in [1.29, 1.82) is 0 Å². The molecule has 0 unspecified atom stereocenters. The van der Waals surface area contributed by atoms with Gasteiger partial charge in [-0.05, 0) is 37.5 Å². The molecule has 0 N–H and O–H groups in total. The maximum absolute atomic E-state index is 11.9. The first-order chi connectivity index (χ1) is 6.38. The molecule has 0 radical (unpaired) electrons. The highest BCUT2D eigenvalue weighted by Gasteiger charge is 2.35. The van der Waals surface area contributed by atoms with Gasteiger partial charge in [0.05, 0.1) is 6.10 Å². The number of ether oxygens (including phenoxy) is 1. The molecular formula is C10H17F3O. The van der Waals surface area contributed by atoms with Crippen LogP contribution in [0.1, 0.15) is 39.5 Å². The molecule has 0 aromatic rings. The van der Waals surface area contributed by atoms with Crippen molar-refractivity contribution in [2.75, 3.05) is 0 Å². The second-order valence-corrected chi connectivity index (χ2v) is 4.34. The first-order valence-corrected chi connectivity index (χ1v) is 5.13. The third-order valence-corrected chi connectivity index (χ3v) is 2.96. The molecule has 84 valence electrons. The topological polar surface area (TPSA) is 9.23 Å². The molecular weight excluding hydrogens is 193 g/mol. The molecule has 0 heterocycles. The van der Waals surface area contributed by atoms with Gasteiger partial charge in [0.2, 0.25) is 0 Å². The van der Waals surface area contributed by atoms with E-state index in [4.69, 9.17) is 0 Å². The summed E-state index contributed by atoms with van der Waals surface area (Å²) in [6, 6.07) is 0. The molecule has 1 saturated carbocycles. The summed E-state index contributed by atoms with van der Waals surface area (Å²) in [7, 11) is 0. The molecule has 0 saturated heterocycles. The van der Waals surface area contributed by atoms with Crippen LogP contribution in [-0.4, -0.2) is 12.5 Å². The SMILES string of the molecule is CC(C)[C@H]1CC[C@@H](OC(F)(F)F)CC1. The third kappa shape index (κ3) is 3.86. The van der Waals surface area contributed by atoms with Crippen LogP contribution in [0, 0.1) is 11.8 Å². The predicted molar refractivity (Wildman–Crippen MR) is 47.7 cm³/mol. The van der Waals surface area contributed by atoms with E-state index in [0.717, 1.165) is 12.8 Å². The lowest BCUT2D eigenvalue weighted by molar-refractivity contribution is -0.345. The zero-order valence-corrected chi connectivity index (χ0v) is 8.60. The van der Waals surface area contributed by atoms with Gasteiger partial charge in [0.25, 0.3) is 0 Å². The second kappa shape index (κ2) is 4.51. The molecule has 0 aromatic carbocycles. The molecule has 1 aliphatic rings. The molecule has 4 heteroatoms. The van der Waals surface area contributed by atoms with Gasteiger partial charge in [-0.3, -0.25) is 4.74 Å². The lowest BCUT2D eigenvalue weighted by Gasteiger charge is -2.30. The summed E-state index contributed by atoms with van der Waals surface area (Å²) >= 11 is 0. The highest BCUT2D eigenvalue weighted by atomic mass is 19.4. The molecule has 0 bridgehead atoms. The van der Waals surface area contributed by atoms with Crippen LogP contribution in [0.15, 0.2) is 0 Å². The fourth-order valence-corrected chi connectivity index (χ4v) is 2.06. The number of rotatable bonds is 2. The average molecular weight is 210 g/mol. The smallest absolute Gasteiger partial charge is 0.289 e. The molecule has 0 amide bonds. The summed E-state index contributed by atoms with van der Waals surface area (Å²) in [5.74, 6) is 1.14. The molecule has 1 nitrogen and oxygen atoms in total.